The molecular weight excluding hydrogens is 585 g/mol. The van der Waals surface area contributed by atoms with E-state index in [0.717, 1.165) is 16.5 Å². The minimum Gasteiger partial charge on any atom is -0.492 e. The molecule has 228 valence electrons. The highest BCUT2D eigenvalue weighted by Gasteiger charge is 2.18. The van der Waals surface area contributed by atoms with Gasteiger partial charge in [0.1, 0.15) is 29.4 Å². The fraction of sp³-hybridized carbons (Fsp3) is 0.118. The largest absolute Gasteiger partial charge is 0.492 e. The minimum atomic E-state index is -0.429. The zero-order valence-corrected chi connectivity index (χ0v) is 25.0. The Kier molecular flexibility index (Phi) is 7.61. The lowest BCUT2D eigenvalue weighted by Gasteiger charge is -2.12. The third kappa shape index (κ3) is 5.88. The van der Waals surface area contributed by atoms with Crippen molar-refractivity contribution in [3.05, 3.63) is 103 Å². The third-order valence-corrected chi connectivity index (χ3v) is 7.36. The van der Waals surface area contributed by atoms with Crippen LogP contribution in [0.15, 0.2) is 91.5 Å². The Balaban J connectivity index is 1.21. The highest BCUT2D eigenvalue weighted by molar-refractivity contribution is 6.04. The number of imidazole rings is 1. The third-order valence-electron chi connectivity index (χ3n) is 7.36. The average molecular weight is 614 g/mol. The number of fused-ring (bicyclic) bond motifs is 2. The van der Waals surface area contributed by atoms with Crippen molar-refractivity contribution < 1.29 is 13.9 Å². The van der Waals surface area contributed by atoms with Crippen LogP contribution in [0.4, 0.5) is 10.1 Å². The van der Waals surface area contributed by atoms with E-state index < -0.39 is 5.82 Å². The topological polar surface area (TPSA) is 138 Å². The first-order valence-electron chi connectivity index (χ1n) is 14.5. The van der Waals surface area contributed by atoms with E-state index in [0.29, 0.717) is 69.6 Å². The van der Waals surface area contributed by atoms with Crippen LogP contribution in [0.25, 0.3) is 56.0 Å². The number of aromatic nitrogens is 7. The van der Waals surface area contributed by atoms with Crippen molar-refractivity contribution in [2.75, 3.05) is 32.6 Å². The van der Waals surface area contributed by atoms with Crippen molar-refractivity contribution in [2.24, 2.45) is 0 Å². The zero-order chi connectivity index (χ0) is 31.6. The molecule has 5 heterocycles. The van der Waals surface area contributed by atoms with E-state index in [4.69, 9.17) is 9.72 Å². The van der Waals surface area contributed by atoms with Gasteiger partial charge in [0.25, 0.3) is 5.91 Å². The number of ether oxygens (including phenoxy) is 1. The molecule has 5 aromatic heterocycles. The van der Waals surface area contributed by atoms with Gasteiger partial charge in [0.15, 0.2) is 11.5 Å². The van der Waals surface area contributed by atoms with Gasteiger partial charge in [-0.25, -0.2) is 14.4 Å². The van der Waals surface area contributed by atoms with E-state index in [1.807, 2.05) is 55.4 Å². The molecule has 0 saturated heterocycles. The molecule has 12 heteroatoms. The van der Waals surface area contributed by atoms with Gasteiger partial charge in [-0.2, -0.15) is 5.10 Å². The number of halogens is 1. The van der Waals surface area contributed by atoms with E-state index in [2.05, 4.69) is 35.5 Å². The summed E-state index contributed by atoms with van der Waals surface area (Å²) in [7, 11) is 3.90. The molecule has 0 fully saturated rings. The number of amides is 1. The highest BCUT2D eigenvalue weighted by atomic mass is 19.1. The molecule has 2 aromatic carbocycles. The quantitative estimate of drug-likeness (QED) is 0.181. The second-order valence-electron chi connectivity index (χ2n) is 10.9. The Morgan fingerprint density at radius 1 is 0.935 bits per heavy atom. The molecule has 0 aliphatic rings. The first-order valence-corrected chi connectivity index (χ1v) is 14.5. The summed E-state index contributed by atoms with van der Waals surface area (Å²) >= 11 is 0. The van der Waals surface area contributed by atoms with Crippen LogP contribution in [-0.2, 0) is 0 Å². The first kappa shape index (κ1) is 28.7. The molecule has 46 heavy (non-hydrogen) atoms. The van der Waals surface area contributed by atoms with Crippen LogP contribution in [0.3, 0.4) is 0 Å². The van der Waals surface area contributed by atoms with Crippen molar-refractivity contribution in [2.45, 2.75) is 0 Å². The number of anilines is 1. The number of pyridine rings is 3. The molecule has 1 amide bonds. The molecule has 0 aliphatic heterocycles. The van der Waals surface area contributed by atoms with Crippen LogP contribution in [0, 0.1) is 5.82 Å². The van der Waals surface area contributed by atoms with Crippen LogP contribution in [0.5, 0.6) is 5.75 Å². The van der Waals surface area contributed by atoms with Crippen LogP contribution in [0.1, 0.15) is 10.4 Å². The molecule has 0 atom stereocenters. The van der Waals surface area contributed by atoms with E-state index >= 15 is 0 Å². The van der Waals surface area contributed by atoms with Crippen molar-refractivity contribution in [3.8, 4) is 39.7 Å². The molecule has 0 saturated carbocycles. The van der Waals surface area contributed by atoms with Gasteiger partial charge >= 0.3 is 0 Å². The predicted molar refractivity (Wildman–Crippen MR) is 174 cm³/mol. The standard InChI is InChI=1S/C34H28FN9O2/c1-44(2)10-11-46-26-14-21(12-24(35)16-26)29-31-28(8-9-37-29)40-33(41-31)30-27-15-23(18-38-32(27)43-42-30)22-13-25(19-36-17-22)39-34(45)20-6-4-3-5-7-20/h3-9,12-19H,10-11H2,1-2H3,(H,39,45)(H,40,41)(H,38,42,43). The number of nitrogens with zero attached hydrogens (tertiary/aromatic N) is 6. The van der Waals surface area contributed by atoms with Crippen LogP contribution >= 0.6 is 0 Å². The molecular formula is C34H28FN9O2. The summed E-state index contributed by atoms with van der Waals surface area (Å²) < 4.78 is 20.4. The fourth-order valence-corrected chi connectivity index (χ4v) is 5.09. The van der Waals surface area contributed by atoms with Gasteiger partial charge in [-0.1, -0.05) is 18.2 Å². The average Bonchev–Trinajstić information content (AvgIpc) is 3.69. The van der Waals surface area contributed by atoms with Crippen molar-refractivity contribution >= 4 is 33.7 Å². The Morgan fingerprint density at radius 2 is 1.78 bits per heavy atom. The summed E-state index contributed by atoms with van der Waals surface area (Å²) in [5.41, 5.74) is 6.11. The highest BCUT2D eigenvalue weighted by Crippen LogP contribution is 2.33. The zero-order valence-electron chi connectivity index (χ0n) is 25.0. The summed E-state index contributed by atoms with van der Waals surface area (Å²) in [6, 6.07) is 19.1. The maximum absolute atomic E-state index is 14.7. The molecule has 0 radical (unpaired) electrons. The molecule has 0 bridgehead atoms. The Bertz CT molecular complexity index is 2190. The molecule has 11 nitrogen and oxygen atoms in total. The second-order valence-corrected chi connectivity index (χ2v) is 10.9. The van der Waals surface area contributed by atoms with Crippen molar-refractivity contribution in [3.63, 3.8) is 0 Å². The van der Waals surface area contributed by atoms with Gasteiger partial charge in [0.2, 0.25) is 0 Å². The van der Waals surface area contributed by atoms with Crippen molar-refractivity contribution in [1.82, 2.24) is 40.0 Å². The molecule has 3 N–H and O–H groups in total. The van der Waals surface area contributed by atoms with E-state index in [-0.39, 0.29) is 5.91 Å². The number of likely N-dealkylation sites (N-methyl/N-ethyl adjacent to an activating group) is 1. The second kappa shape index (κ2) is 12.2. The number of rotatable bonds is 9. The van der Waals surface area contributed by atoms with E-state index in [1.165, 1.54) is 12.1 Å². The molecule has 0 aliphatic carbocycles. The van der Waals surface area contributed by atoms with E-state index in [9.17, 15) is 9.18 Å². The van der Waals surface area contributed by atoms with Gasteiger partial charge in [-0.05, 0) is 56.6 Å². The first-order chi connectivity index (χ1) is 22.4. The number of hydrogen-bond acceptors (Lipinski definition) is 8. The monoisotopic (exact) mass is 613 g/mol. The molecule has 0 spiro atoms. The van der Waals surface area contributed by atoms with Crippen LogP contribution in [-0.4, -0.2) is 73.2 Å². The SMILES string of the molecule is CN(C)CCOc1cc(F)cc(-c2nccc3[nH]c(-c4n[nH]c5ncc(-c6cncc(NC(=O)c7ccccc7)c6)cc45)nc23)c1. The predicted octanol–water partition coefficient (Wildman–Crippen LogP) is 5.96. The summed E-state index contributed by atoms with van der Waals surface area (Å²) in [4.78, 5) is 36.3. The van der Waals surface area contributed by atoms with Gasteiger partial charge in [0, 0.05) is 53.5 Å². The van der Waals surface area contributed by atoms with Crippen molar-refractivity contribution in [1.29, 1.82) is 0 Å². The Hall–Kier alpha value is -6.01. The number of carbonyl (C=O) groups excluding carboxylic acids is 1. The number of aromatic amines is 2. The maximum Gasteiger partial charge on any atom is 0.255 e. The Labute approximate surface area is 262 Å². The lowest BCUT2D eigenvalue weighted by atomic mass is 10.1. The summed E-state index contributed by atoms with van der Waals surface area (Å²) in [6.07, 6.45) is 6.66. The van der Waals surface area contributed by atoms with Crippen LogP contribution in [0.2, 0.25) is 0 Å². The smallest absolute Gasteiger partial charge is 0.255 e. The number of benzene rings is 2. The van der Waals surface area contributed by atoms with Gasteiger partial charge in [0.05, 0.1) is 28.5 Å². The maximum atomic E-state index is 14.7. The number of nitrogens with one attached hydrogen (secondary N) is 3. The van der Waals surface area contributed by atoms with E-state index in [1.54, 1.807) is 43.0 Å². The number of H-pyrrole nitrogens is 2. The number of hydrogen-bond donors (Lipinski definition) is 3. The molecule has 0 unspecified atom stereocenters. The summed E-state index contributed by atoms with van der Waals surface area (Å²) in [5, 5.41) is 11.1. The lowest BCUT2D eigenvalue weighted by molar-refractivity contribution is 0.102. The normalized spacial score (nSPS) is 11.4. The van der Waals surface area contributed by atoms with Gasteiger partial charge in [-0.3, -0.25) is 19.9 Å². The molecule has 7 rings (SSSR count). The molecule has 7 aromatic rings. The Morgan fingerprint density at radius 3 is 2.63 bits per heavy atom. The number of carbonyl (C=O) groups is 1. The summed E-state index contributed by atoms with van der Waals surface area (Å²) in [5.74, 6) is 0.258. The minimum absolute atomic E-state index is 0.227. The lowest BCUT2D eigenvalue weighted by Crippen LogP contribution is -2.19. The summed E-state index contributed by atoms with van der Waals surface area (Å²) in [6.45, 7) is 1.12. The van der Waals surface area contributed by atoms with Gasteiger partial charge in [-0.15, -0.1) is 0 Å². The van der Waals surface area contributed by atoms with Crippen LogP contribution < -0.4 is 10.1 Å². The fourth-order valence-electron chi connectivity index (χ4n) is 5.09. The van der Waals surface area contributed by atoms with Gasteiger partial charge < -0.3 is 19.9 Å².